The first kappa shape index (κ1) is 23.3. The Labute approximate surface area is 160 Å². The second kappa shape index (κ2) is 9.71. The maximum absolute atomic E-state index is 10.9. The Morgan fingerprint density at radius 3 is 2.04 bits per heavy atom. The third-order valence-electron chi connectivity index (χ3n) is 4.97. The average Bonchev–Trinajstić information content (AvgIpc) is 2.92. The number of carbonyl (C=O) groups excluding carboxylic acids is 1. The summed E-state index contributed by atoms with van der Waals surface area (Å²) >= 11 is 0. The highest BCUT2D eigenvalue weighted by Gasteiger charge is 2.54. The molecule has 0 saturated carbocycles. The molecule has 0 aliphatic carbocycles. The van der Waals surface area contributed by atoms with Crippen molar-refractivity contribution in [1.29, 1.82) is 0 Å². The van der Waals surface area contributed by atoms with Crippen molar-refractivity contribution in [2.24, 2.45) is 0 Å². The Morgan fingerprint density at radius 1 is 0.929 bits per heavy atom. The van der Waals surface area contributed by atoms with Crippen molar-refractivity contribution in [3.05, 3.63) is 0 Å². The zero-order chi connectivity index (χ0) is 21.1. The molecule has 2 aliphatic heterocycles. The lowest BCUT2D eigenvalue weighted by Gasteiger charge is -2.40. The third kappa shape index (κ3) is 4.79. The molecule has 0 aromatic carbocycles. The molecule has 0 radical (unpaired) electrons. The van der Waals surface area contributed by atoms with E-state index in [-0.39, 0.29) is 13.2 Å². The third-order valence-corrected chi connectivity index (χ3v) is 4.97. The SMILES string of the molecule is CC(=O)OCC1O[C@@H](COC[C@]2(CO)O[C@@H](CO)C(O)[C@H]2O)C(O)[C@@H](O)[C@H]1O. The molecule has 7 N–H and O–H groups in total. The van der Waals surface area contributed by atoms with Gasteiger partial charge >= 0.3 is 5.97 Å². The van der Waals surface area contributed by atoms with Gasteiger partial charge in [0.15, 0.2) is 0 Å². The predicted molar refractivity (Wildman–Crippen MR) is 87.9 cm³/mol. The van der Waals surface area contributed by atoms with Crippen LogP contribution in [0.2, 0.25) is 0 Å². The van der Waals surface area contributed by atoms with E-state index in [9.17, 15) is 35.4 Å². The van der Waals surface area contributed by atoms with Crippen molar-refractivity contribution in [1.82, 2.24) is 0 Å². The van der Waals surface area contributed by atoms with Gasteiger partial charge in [-0.05, 0) is 0 Å². The van der Waals surface area contributed by atoms with Gasteiger partial charge in [-0.3, -0.25) is 4.79 Å². The average molecular weight is 412 g/mol. The lowest BCUT2D eigenvalue weighted by molar-refractivity contribution is -0.245. The van der Waals surface area contributed by atoms with E-state index >= 15 is 0 Å². The normalized spacial score (nSPS) is 43.9. The van der Waals surface area contributed by atoms with E-state index in [1.165, 1.54) is 0 Å². The highest BCUT2D eigenvalue weighted by molar-refractivity contribution is 5.65. The van der Waals surface area contributed by atoms with Crippen LogP contribution in [0.5, 0.6) is 0 Å². The van der Waals surface area contributed by atoms with Crippen LogP contribution in [0, 0.1) is 0 Å². The molecule has 0 aromatic heterocycles. The summed E-state index contributed by atoms with van der Waals surface area (Å²) in [5.41, 5.74) is -1.69. The second-order valence-corrected chi connectivity index (χ2v) is 7.00. The molecule has 164 valence electrons. The molecule has 0 spiro atoms. The Balaban J connectivity index is 1.95. The van der Waals surface area contributed by atoms with Crippen molar-refractivity contribution >= 4 is 5.97 Å². The van der Waals surface area contributed by atoms with Gasteiger partial charge < -0.3 is 54.7 Å². The van der Waals surface area contributed by atoms with Crippen LogP contribution in [0.15, 0.2) is 0 Å². The van der Waals surface area contributed by atoms with Gasteiger partial charge in [0.05, 0.1) is 26.4 Å². The van der Waals surface area contributed by atoms with Crippen molar-refractivity contribution in [2.75, 3.05) is 33.0 Å². The van der Waals surface area contributed by atoms with Crippen molar-refractivity contribution in [2.45, 2.75) is 61.4 Å². The Hall–Kier alpha value is -0.930. The molecule has 3 unspecified atom stereocenters. The van der Waals surface area contributed by atoms with E-state index in [1.54, 1.807) is 0 Å². The highest BCUT2D eigenvalue weighted by Crippen LogP contribution is 2.32. The van der Waals surface area contributed by atoms with Crippen LogP contribution in [0.25, 0.3) is 0 Å². The fourth-order valence-corrected chi connectivity index (χ4v) is 3.25. The van der Waals surface area contributed by atoms with Crippen LogP contribution in [0.3, 0.4) is 0 Å². The maximum atomic E-state index is 10.9. The topological polar surface area (TPSA) is 196 Å². The molecule has 12 nitrogen and oxygen atoms in total. The molecule has 12 heteroatoms. The van der Waals surface area contributed by atoms with E-state index in [0.29, 0.717) is 0 Å². The van der Waals surface area contributed by atoms with Gasteiger partial charge in [-0.15, -0.1) is 0 Å². The van der Waals surface area contributed by atoms with E-state index in [2.05, 4.69) is 0 Å². The van der Waals surface area contributed by atoms with E-state index in [1.807, 2.05) is 0 Å². The number of hydrogen-bond donors (Lipinski definition) is 7. The monoisotopic (exact) mass is 412 g/mol. The Morgan fingerprint density at radius 2 is 1.54 bits per heavy atom. The smallest absolute Gasteiger partial charge is 0.302 e. The van der Waals surface area contributed by atoms with E-state index in [0.717, 1.165) is 6.92 Å². The Bertz CT molecular complexity index is 518. The minimum Gasteiger partial charge on any atom is -0.463 e. The van der Waals surface area contributed by atoms with Crippen molar-refractivity contribution < 1.29 is 59.5 Å². The number of aliphatic hydroxyl groups excluding tert-OH is 7. The molecule has 2 saturated heterocycles. The standard InChI is InChI=1S/C16H28O12/c1-7(19)26-4-10-12(21)14(23)11(20)9(27-10)3-25-6-16(5-18)15(24)13(22)8(2-17)28-16/h8-15,17-18,20-24H,2-6H2,1H3/t8-,9-,10?,11?,12-,13?,14+,15+,16-/m0/s1. The number of carbonyl (C=O) groups is 1. The van der Waals surface area contributed by atoms with Crippen LogP contribution >= 0.6 is 0 Å². The number of esters is 1. The summed E-state index contributed by atoms with van der Waals surface area (Å²) in [7, 11) is 0. The van der Waals surface area contributed by atoms with Crippen molar-refractivity contribution in [3.8, 4) is 0 Å². The number of hydrogen-bond acceptors (Lipinski definition) is 12. The summed E-state index contributed by atoms with van der Waals surface area (Å²) in [5, 5.41) is 68.7. The Kier molecular flexibility index (Phi) is 8.10. The molecule has 9 atom stereocenters. The van der Waals surface area contributed by atoms with E-state index < -0.39 is 80.2 Å². The van der Waals surface area contributed by atoms with Gasteiger partial charge in [-0.1, -0.05) is 0 Å². The number of rotatable bonds is 8. The van der Waals surface area contributed by atoms with Gasteiger partial charge in [0.25, 0.3) is 0 Å². The molecule has 0 bridgehead atoms. The molecular weight excluding hydrogens is 384 g/mol. The second-order valence-electron chi connectivity index (χ2n) is 7.00. The summed E-state index contributed by atoms with van der Waals surface area (Å²) in [4.78, 5) is 10.9. The van der Waals surface area contributed by atoms with Crippen LogP contribution < -0.4 is 0 Å². The molecule has 2 rings (SSSR count). The van der Waals surface area contributed by atoms with E-state index in [4.69, 9.17) is 24.1 Å². The maximum Gasteiger partial charge on any atom is 0.302 e. The fraction of sp³-hybridized carbons (Fsp3) is 0.938. The minimum absolute atomic E-state index is 0.334. The zero-order valence-electron chi connectivity index (χ0n) is 15.3. The molecule has 0 aromatic rings. The molecule has 28 heavy (non-hydrogen) atoms. The van der Waals surface area contributed by atoms with Crippen molar-refractivity contribution in [3.63, 3.8) is 0 Å². The molecule has 2 aliphatic rings. The van der Waals surface area contributed by atoms with Gasteiger partial charge in [0, 0.05) is 6.92 Å². The summed E-state index contributed by atoms with van der Waals surface area (Å²) in [5.74, 6) is -0.613. The lowest BCUT2D eigenvalue weighted by Crippen LogP contribution is -2.60. The summed E-state index contributed by atoms with van der Waals surface area (Å²) < 4.78 is 20.9. The number of ether oxygens (including phenoxy) is 4. The minimum atomic E-state index is -1.69. The first-order chi connectivity index (χ1) is 13.2. The summed E-state index contributed by atoms with van der Waals surface area (Å²) in [6.07, 6.45) is -10.9. The zero-order valence-corrected chi connectivity index (χ0v) is 15.3. The largest absolute Gasteiger partial charge is 0.463 e. The first-order valence-corrected chi connectivity index (χ1v) is 8.83. The predicted octanol–water partition coefficient (Wildman–Crippen LogP) is -4.74. The lowest BCUT2D eigenvalue weighted by atomic mass is 9.95. The molecule has 0 amide bonds. The molecular formula is C16H28O12. The highest BCUT2D eigenvalue weighted by atomic mass is 16.6. The summed E-state index contributed by atoms with van der Waals surface area (Å²) in [6, 6.07) is 0. The van der Waals surface area contributed by atoms with Crippen LogP contribution in [-0.2, 0) is 23.7 Å². The first-order valence-electron chi connectivity index (χ1n) is 8.83. The summed E-state index contributed by atoms with van der Waals surface area (Å²) in [6.45, 7) is -1.23. The van der Waals surface area contributed by atoms with Crippen LogP contribution in [0.4, 0.5) is 0 Å². The van der Waals surface area contributed by atoms with Gasteiger partial charge in [-0.25, -0.2) is 0 Å². The molecule has 2 heterocycles. The quantitative estimate of drug-likeness (QED) is 0.188. The van der Waals surface area contributed by atoms with Gasteiger partial charge in [-0.2, -0.15) is 0 Å². The van der Waals surface area contributed by atoms with Crippen LogP contribution in [-0.4, -0.2) is 129 Å². The van der Waals surface area contributed by atoms with Crippen LogP contribution in [0.1, 0.15) is 6.92 Å². The van der Waals surface area contributed by atoms with Gasteiger partial charge in [0.1, 0.15) is 61.0 Å². The fourth-order valence-electron chi connectivity index (χ4n) is 3.25. The molecule has 2 fully saturated rings. The number of aliphatic hydroxyl groups is 7. The van der Waals surface area contributed by atoms with Gasteiger partial charge in [0.2, 0.25) is 0 Å².